The molecule has 4 rings (SSSR count). The number of aryl methyl sites for hydroxylation is 1. The van der Waals surface area contributed by atoms with E-state index in [9.17, 15) is 22.8 Å². The van der Waals surface area contributed by atoms with E-state index in [2.05, 4.69) is 0 Å². The standard InChI is InChI=1S/C26H35N3O6S/c1-4-35-26(32)18-9-8-14-29(16-18)25(31)22-17-27(2)23-13-12-20(15-21(23)24(22)30)36(33,34)28(3)19-10-6-5-7-11-19/h12-13,15,17-19H,4-11,14,16H2,1-3H3/t18-/m1/s1. The quantitative estimate of drug-likeness (QED) is 0.546. The zero-order valence-electron chi connectivity index (χ0n) is 21.2. The van der Waals surface area contributed by atoms with Gasteiger partial charge in [0.05, 0.1) is 22.9 Å². The summed E-state index contributed by atoms with van der Waals surface area (Å²) >= 11 is 0. The van der Waals surface area contributed by atoms with E-state index in [0.29, 0.717) is 24.9 Å². The van der Waals surface area contributed by atoms with Gasteiger partial charge in [0, 0.05) is 44.8 Å². The molecule has 36 heavy (non-hydrogen) atoms. The Balaban J connectivity index is 1.67. The van der Waals surface area contributed by atoms with Gasteiger partial charge in [-0.2, -0.15) is 4.31 Å². The largest absolute Gasteiger partial charge is 0.466 e. The van der Waals surface area contributed by atoms with Gasteiger partial charge in [-0.15, -0.1) is 0 Å². The monoisotopic (exact) mass is 517 g/mol. The fourth-order valence-corrected chi connectivity index (χ4v) is 6.82. The highest BCUT2D eigenvalue weighted by Crippen LogP contribution is 2.28. The van der Waals surface area contributed by atoms with Gasteiger partial charge in [-0.25, -0.2) is 8.42 Å². The molecule has 1 saturated heterocycles. The van der Waals surface area contributed by atoms with E-state index >= 15 is 0 Å². The number of benzene rings is 1. The molecule has 2 heterocycles. The number of hydrogen-bond acceptors (Lipinski definition) is 6. The average molecular weight is 518 g/mol. The van der Waals surface area contributed by atoms with Crippen molar-refractivity contribution >= 4 is 32.8 Å². The Bertz CT molecular complexity index is 1310. The van der Waals surface area contributed by atoms with Crippen LogP contribution in [0.15, 0.2) is 34.1 Å². The molecule has 0 N–H and O–H groups in total. The lowest BCUT2D eigenvalue weighted by Gasteiger charge is -2.31. The van der Waals surface area contributed by atoms with Crippen molar-refractivity contribution < 1.29 is 22.7 Å². The predicted molar refractivity (Wildman–Crippen MR) is 136 cm³/mol. The molecular formula is C26H35N3O6S. The van der Waals surface area contributed by atoms with Crippen LogP contribution in [0.25, 0.3) is 10.9 Å². The molecule has 1 amide bonds. The molecule has 2 fully saturated rings. The van der Waals surface area contributed by atoms with E-state index < -0.39 is 27.3 Å². The van der Waals surface area contributed by atoms with Gasteiger partial charge in [-0.1, -0.05) is 19.3 Å². The summed E-state index contributed by atoms with van der Waals surface area (Å²) in [7, 11) is -0.475. The van der Waals surface area contributed by atoms with Crippen LogP contribution in [0.1, 0.15) is 62.2 Å². The number of amides is 1. The fourth-order valence-electron chi connectivity index (χ4n) is 5.38. The molecule has 10 heteroatoms. The fraction of sp³-hybridized carbons (Fsp3) is 0.577. The van der Waals surface area contributed by atoms with E-state index in [-0.39, 0.29) is 41.0 Å². The van der Waals surface area contributed by atoms with Crippen molar-refractivity contribution in [3.63, 3.8) is 0 Å². The smallest absolute Gasteiger partial charge is 0.310 e. The lowest BCUT2D eigenvalue weighted by atomic mass is 9.96. The number of rotatable bonds is 6. The Hall–Kier alpha value is -2.72. The van der Waals surface area contributed by atoms with Crippen LogP contribution in [-0.2, 0) is 26.6 Å². The molecule has 1 aliphatic carbocycles. The van der Waals surface area contributed by atoms with Crippen LogP contribution in [0.5, 0.6) is 0 Å². The van der Waals surface area contributed by atoms with Crippen molar-refractivity contribution in [2.24, 2.45) is 13.0 Å². The van der Waals surface area contributed by atoms with Crippen LogP contribution in [0, 0.1) is 5.92 Å². The molecule has 2 aliphatic rings. The van der Waals surface area contributed by atoms with Gasteiger partial charge in [0.15, 0.2) is 0 Å². The number of aromatic nitrogens is 1. The van der Waals surface area contributed by atoms with Crippen LogP contribution < -0.4 is 5.43 Å². The second-order valence-corrected chi connectivity index (χ2v) is 11.8. The first kappa shape index (κ1) is 26.3. The molecule has 1 aromatic carbocycles. The minimum Gasteiger partial charge on any atom is -0.466 e. The van der Waals surface area contributed by atoms with Gasteiger partial charge < -0.3 is 14.2 Å². The van der Waals surface area contributed by atoms with Gasteiger partial charge in [-0.3, -0.25) is 14.4 Å². The second kappa shape index (κ2) is 10.7. The third kappa shape index (κ3) is 5.06. The molecule has 1 saturated carbocycles. The number of likely N-dealkylation sites (tertiary alicyclic amines) is 1. The number of fused-ring (bicyclic) bond motifs is 1. The van der Waals surface area contributed by atoms with E-state index in [1.165, 1.54) is 27.5 Å². The molecule has 0 bridgehead atoms. The van der Waals surface area contributed by atoms with Crippen LogP contribution in [-0.4, -0.2) is 66.9 Å². The third-order valence-corrected chi connectivity index (χ3v) is 9.39. The normalized spacial score (nSPS) is 19.6. The van der Waals surface area contributed by atoms with Crippen LogP contribution >= 0.6 is 0 Å². The number of carbonyl (C=O) groups is 2. The highest BCUT2D eigenvalue weighted by molar-refractivity contribution is 7.89. The van der Waals surface area contributed by atoms with Crippen molar-refractivity contribution in [2.75, 3.05) is 26.7 Å². The molecule has 1 aliphatic heterocycles. The van der Waals surface area contributed by atoms with Crippen molar-refractivity contribution in [3.05, 3.63) is 40.2 Å². The number of carbonyl (C=O) groups excluding carboxylic acids is 2. The van der Waals surface area contributed by atoms with Gasteiger partial charge >= 0.3 is 5.97 Å². The summed E-state index contributed by atoms with van der Waals surface area (Å²) in [5.41, 5.74) is -0.00715. The Morgan fingerprint density at radius 2 is 1.83 bits per heavy atom. The average Bonchev–Trinajstić information content (AvgIpc) is 2.90. The molecule has 196 valence electrons. The third-order valence-electron chi connectivity index (χ3n) is 7.48. The van der Waals surface area contributed by atoms with Crippen molar-refractivity contribution in [2.45, 2.75) is 62.8 Å². The number of ether oxygens (including phenoxy) is 1. The van der Waals surface area contributed by atoms with Crippen molar-refractivity contribution in [1.29, 1.82) is 0 Å². The van der Waals surface area contributed by atoms with Crippen LogP contribution in [0.4, 0.5) is 0 Å². The predicted octanol–water partition coefficient (Wildman–Crippen LogP) is 2.91. The van der Waals surface area contributed by atoms with Crippen LogP contribution in [0.3, 0.4) is 0 Å². The SMILES string of the molecule is CCOC(=O)[C@@H]1CCCN(C(=O)c2cn(C)c3ccc(S(=O)(=O)N(C)C4CCCCC4)cc3c2=O)C1. The van der Waals surface area contributed by atoms with Crippen LogP contribution in [0.2, 0.25) is 0 Å². The minimum atomic E-state index is -3.80. The summed E-state index contributed by atoms with van der Waals surface area (Å²) < 4.78 is 35.0. The molecule has 2 aromatic rings. The highest BCUT2D eigenvalue weighted by atomic mass is 32.2. The van der Waals surface area contributed by atoms with Gasteiger partial charge in [0.25, 0.3) is 5.91 Å². The zero-order valence-corrected chi connectivity index (χ0v) is 22.1. The topological polar surface area (TPSA) is 106 Å². The van der Waals surface area contributed by atoms with Gasteiger partial charge in [0.1, 0.15) is 5.56 Å². The summed E-state index contributed by atoms with van der Waals surface area (Å²) in [5, 5.41) is 0.181. The van der Waals surface area contributed by atoms with Gasteiger partial charge in [0.2, 0.25) is 15.5 Å². The molecule has 0 radical (unpaired) electrons. The number of hydrogen-bond donors (Lipinski definition) is 0. The Labute approximate surface area is 212 Å². The maximum atomic E-state index is 13.5. The lowest BCUT2D eigenvalue weighted by molar-refractivity contribution is -0.149. The number of sulfonamides is 1. The van der Waals surface area contributed by atoms with E-state index in [1.807, 2.05) is 0 Å². The zero-order chi connectivity index (χ0) is 26.0. The summed E-state index contributed by atoms with van der Waals surface area (Å²) in [5.74, 6) is -1.21. The minimum absolute atomic E-state index is 0.0373. The molecule has 1 aromatic heterocycles. The first-order valence-electron chi connectivity index (χ1n) is 12.7. The first-order chi connectivity index (χ1) is 17.1. The Kier molecular flexibility index (Phi) is 7.85. The summed E-state index contributed by atoms with van der Waals surface area (Å²) in [6.45, 7) is 2.65. The molecule has 0 spiro atoms. The number of nitrogens with zero attached hydrogens (tertiary/aromatic N) is 3. The Morgan fingerprint density at radius 1 is 1.11 bits per heavy atom. The molecular weight excluding hydrogens is 482 g/mol. The summed E-state index contributed by atoms with van der Waals surface area (Å²) in [6.07, 6.45) is 7.53. The molecule has 0 unspecified atom stereocenters. The maximum Gasteiger partial charge on any atom is 0.310 e. The van der Waals surface area contributed by atoms with E-state index in [0.717, 1.165) is 32.1 Å². The number of pyridine rings is 1. The lowest BCUT2D eigenvalue weighted by Crippen LogP contribution is -2.44. The molecule has 1 atom stereocenters. The number of piperidine rings is 1. The van der Waals surface area contributed by atoms with Crippen molar-refractivity contribution in [3.8, 4) is 0 Å². The van der Waals surface area contributed by atoms with Gasteiger partial charge in [-0.05, 0) is 50.8 Å². The highest BCUT2D eigenvalue weighted by Gasteiger charge is 2.32. The van der Waals surface area contributed by atoms with E-state index in [4.69, 9.17) is 4.74 Å². The number of esters is 1. The second-order valence-electron chi connectivity index (χ2n) is 9.82. The van der Waals surface area contributed by atoms with Crippen molar-refractivity contribution in [1.82, 2.24) is 13.8 Å². The summed E-state index contributed by atoms with van der Waals surface area (Å²) in [6, 6.07) is 4.47. The Morgan fingerprint density at radius 3 is 2.53 bits per heavy atom. The first-order valence-corrected chi connectivity index (χ1v) is 14.2. The summed E-state index contributed by atoms with van der Waals surface area (Å²) in [4.78, 5) is 40.6. The van der Waals surface area contributed by atoms with E-state index in [1.54, 1.807) is 31.7 Å². The maximum absolute atomic E-state index is 13.5. The molecule has 9 nitrogen and oxygen atoms in total.